The smallest absolute Gasteiger partial charge is 0.0255 e. The Hall–Kier alpha value is -2.78. The van der Waals surface area contributed by atoms with E-state index in [1.165, 1.54) is 16.3 Å². The lowest BCUT2D eigenvalue weighted by molar-refractivity contribution is 1.66. The second-order valence-electron chi connectivity index (χ2n) is 4.58. The summed E-state index contributed by atoms with van der Waals surface area (Å²) < 4.78 is 0. The Morgan fingerprint density at radius 1 is 0.700 bits per heavy atom. The van der Waals surface area contributed by atoms with Crippen LogP contribution >= 0.6 is 0 Å². The van der Waals surface area contributed by atoms with Crippen molar-refractivity contribution in [3.63, 3.8) is 0 Å². The molecule has 3 rings (SSSR count). The molecule has 0 amide bonds. The fourth-order valence-electron chi connectivity index (χ4n) is 2.09. The molecular weight excluding hydrogens is 240 g/mol. The van der Waals surface area contributed by atoms with Gasteiger partial charge in [-0.1, -0.05) is 72.5 Å². The van der Waals surface area contributed by atoms with Crippen LogP contribution in [-0.2, 0) is 0 Å². The van der Waals surface area contributed by atoms with E-state index in [0.29, 0.717) is 0 Å². The minimum atomic E-state index is 1.04. The van der Waals surface area contributed by atoms with Gasteiger partial charge in [-0.25, -0.2) is 0 Å². The number of allylic oxidation sites excluding steroid dienone is 1. The summed E-state index contributed by atoms with van der Waals surface area (Å²) in [5, 5.41) is 2.48. The molecule has 0 unspecified atom stereocenters. The van der Waals surface area contributed by atoms with Crippen molar-refractivity contribution in [3.8, 4) is 11.8 Å². The lowest BCUT2D eigenvalue weighted by atomic mass is 10.1. The number of benzene rings is 3. The molecule has 0 saturated heterocycles. The van der Waals surface area contributed by atoms with Crippen LogP contribution in [0.2, 0.25) is 0 Å². The predicted octanol–water partition coefficient (Wildman–Crippen LogP) is 4.90. The first-order valence-electron chi connectivity index (χ1n) is 6.64. The van der Waals surface area contributed by atoms with E-state index in [1.54, 1.807) is 0 Å². The SMILES string of the molecule is C(#Cc1ccc2ccccc2c1)/C=C/c1ccccc1. The van der Waals surface area contributed by atoms with E-state index in [2.05, 4.69) is 66.4 Å². The molecule has 0 aliphatic carbocycles. The van der Waals surface area contributed by atoms with Gasteiger partial charge in [-0.15, -0.1) is 0 Å². The summed E-state index contributed by atoms with van der Waals surface area (Å²) in [5.74, 6) is 6.25. The lowest BCUT2D eigenvalue weighted by Gasteiger charge is -1.96. The molecule has 0 aromatic heterocycles. The Kier molecular flexibility index (Phi) is 3.62. The van der Waals surface area contributed by atoms with E-state index in [4.69, 9.17) is 0 Å². The summed E-state index contributed by atoms with van der Waals surface area (Å²) >= 11 is 0. The molecule has 0 saturated carbocycles. The van der Waals surface area contributed by atoms with Crippen molar-refractivity contribution in [1.82, 2.24) is 0 Å². The predicted molar refractivity (Wildman–Crippen MR) is 86.3 cm³/mol. The zero-order valence-electron chi connectivity index (χ0n) is 11.1. The Labute approximate surface area is 119 Å². The number of hydrogen-bond donors (Lipinski definition) is 0. The molecule has 0 atom stereocenters. The van der Waals surface area contributed by atoms with Crippen LogP contribution in [0.3, 0.4) is 0 Å². The first-order chi connectivity index (χ1) is 9.92. The van der Waals surface area contributed by atoms with Crippen molar-refractivity contribution in [2.45, 2.75) is 0 Å². The van der Waals surface area contributed by atoms with Gasteiger partial charge in [0.1, 0.15) is 0 Å². The monoisotopic (exact) mass is 254 g/mol. The third-order valence-corrected chi connectivity index (χ3v) is 3.12. The van der Waals surface area contributed by atoms with Crippen LogP contribution in [0.5, 0.6) is 0 Å². The van der Waals surface area contributed by atoms with Gasteiger partial charge < -0.3 is 0 Å². The molecule has 0 heterocycles. The maximum Gasteiger partial charge on any atom is 0.0255 e. The summed E-state index contributed by atoms with van der Waals surface area (Å²) in [7, 11) is 0. The first kappa shape index (κ1) is 12.3. The number of fused-ring (bicyclic) bond motifs is 1. The second kappa shape index (κ2) is 5.91. The van der Waals surface area contributed by atoms with Crippen molar-refractivity contribution in [2.75, 3.05) is 0 Å². The fourth-order valence-corrected chi connectivity index (χ4v) is 2.09. The Bertz CT molecular complexity index is 799. The minimum absolute atomic E-state index is 1.04. The minimum Gasteiger partial charge on any atom is -0.0696 e. The highest BCUT2D eigenvalue weighted by molar-refractivity contribution is 5.83. The van der Waals surface area contributed by atoms with Crippen LogP contribution in [0.25, 0.3) is 16.8 Å². The Balaban J connectivity index is 1.80. The normalized spacial score (nSPS) is 10.4. The summed E-state index contributed by atoms with van der Waals surface area (Å²) in [6, 6.07) is 24.8. The van der Waals surface area contributed by atoms with Crippen LogP contribution in [0.1, 0.15) is 11.1 Å². The van der Waals surface area contributed by atoms with Crippen LogP contribution in [0.15, 0.2) is 78.9 Å². The third-order valence-electron chi connectivity index (χ3n) is 3.12. The van der Waals surface area contributed by atoms with Gasteiger partial charge in [-0.3, -0.25) is 0 Å². The number of hydrogen-bond acceptors (Lipinski definition) is 0. The van der Waals surface area contributed by atoms with Gasteiger partial charge in [-0.2, -0.15) is 0 Å². The maximum absolute atomic E-state index is 3.17. The molecule has 0 N–H and O–H groups in total. The summed E-state index contributed by atoms with van der Waals surface area (Å²) in [5.41, 5.74) is 2.21. The molecule has 3 aromatic carbocycles. The molecule has 0 bridgehead atoms. The van der Waals surface area contributed by atoms with Gasteiger partial charge in [-0.05, 0) is 40.6 Å². The molecular formula is C20H14. The van der Waals surface area contributed by atoms with Gasteiger partial charge in [0.2, 0.25) is 0 Å². The van der Waals surface area contributed by atoms with Gasteiger partial charge in [0, 0.05) is 5.56 Å². The molecule has 0 nitrogen and oxygen atoms in total. The Morgan fingerprint density at radius 3 is 2.30 bits per heavy atom. The number of rotatable bonds is 1. The highest BCUT2D eigenvalue weighted by Gasteiger charge is 1.92. The molecule has 0 aliphatic heterocycles. The highest BCUT2D eigenvalue weighted by Crippen LogP contribution is 2.14. The fraction of sp³-hybridized carbons (Fsp3) is 0. The van der Waals surface area contributed by atoms with Gasteiger partial charge in [0.15, 0.2) is 0 Å². The lowest BCUT2D eigenvalue weighted by Crippen LogP contribution is -1.75. The van der Waals surface area contributed by atoms with Crippen LogP contribution in [0.4, 0.5) is 0 Å². The first-order valence-corrected chi connectivity index (χ1v) is 6.64. The molecule has 0 heteroatoms. The van der Waals surface area contributed by atoms with Gasteiger partial charge in [0.25, 0.3) is 0 Å². The molecule has 0 fully saturated rings. The quantitative estimate of drug-likeness (QED) is 0.541. The zero-order valence-corrected chi connectivity index (χ0v) is 11.1. The van der Waals surface area contributed by atoms with Crippen molar-refractivity contribution in [2.24, 2.45) is 0 Å². The standard InChI is InChI=1S/C20H14/c1-2-8-17(9-3-1)10-4-5-11-18-14-15-19-12-6-7-13-20(19)16-18/h1-4,6-10,12-16H/b10-4+. The third kappa shape index (κ3) is 2.96. The Morgan fingerprint density at radius 2 is 1.45 bits per heavy atom. The molecule has 20 heavy (non-hydrogen) atoms. The summed E-state index contributed by atoms with van der Waals surface area (Å²) in [4.78, 5) is 0. The van der Waals surface area contributed by atoms with Crippen molar-refractivity contribution in [3.05, 3.63) is 90.0 Å². The van der Waals surface area contributed by atoms with E-state index in [1.807, 2.05) is 30.4 Å². The van der Waals surface area contributed by atoms with E-state index < -0.39 is 0 Å². The maximum atomic E-state index is 3.17. The van der Waals surface area contributed by atoms with E-state index in [-0.39, 0.29) is 0 Å². The van der Waals surface area contributed by atoms with Crippen LogP contribution < -0.4 is 0 Å². The topological polar surface area (TPSA) is 0 Å². The average Bonchev–Trinajstić information content (AvgIpc) is 2.52. The largest absolute Gasteiger partial charge is 0.0696 e. The van der Waals surface area contributed by atoms with E-state index in [0.717, 1.165) is 5.56 Å². The molecule has 0 radical (unpaired) electrons. The van der Waals surface area contributed by atoms with E-state index >= 15 is 0 Å². The van der Waals surface area contributed by atoms with Crippen molar-refractivity contribution >= 4 is 16.8 Å². The van der Waals surface area contributed by atoms with Crippen LogP contribution in [-0.4, -0.2) is 0 Å². The van der Waals surface area contributed by atoms with Gasteiger partial charge >= 0.3 is 0 Å². The molecule has 94 valence electrons. The molecule has 0 aliphatic rings. The highest BCUT2D eigenvalue weighted by atomic mass is 14.0. The molecule has 3 aromatic rings. The van der Waals surface area contributed by atoms with E-state index in [9.17, 15) is 0 Å². The van der Waals surface area contributed by atoms with Crippen molar-refractivity contribution < 1.29 is 0 Å². The van der Waals surface area contributed by atoms with Crippen molar-refractivity contribution in [1.29, 1.82) is 0 Å². The van der Waals surface area contributed by atoms with Crippen LogP contribution in [0, 0.1) is 11.8 Å². The summed E-state index contributed by atoms with van der Waals surface area (Å²) in [6.45, 7) is 0. The van der Waals surface area contributed by atoms with Gasteiger partial charge in [0.05, 0.1) is 0 Å². The zero-order chi connectivity index (χ0) is 13.6. The molecule has 0 spiro atoms. The average molecular weight is 254 g/mol. The second-order valence-corrected chi connectivity index (χ2v) is 4.58. The summed E-state index contributed by atoms with van der Waals surface area (Å²) in [6.07, 6.45) is 3.92.